The monoisotopic (exact) mass is 674 g/mol. The van der Waals surface area contributed by atoms with E-state index in [0.717, 1.165) is 51.0 Å². The van der Waals surface area contributed by atoms with Gasteiger partial charge >= 0.3 is 0 Å². The fourth-order valence-corrected chi connectivity index (χ4v) is 5.38. The minimum Gasteiger partial charge on any atom is -0.495 e. The molecule has 3 amide bonds. The number of nitrogens with zero attached hydrogens (tertiary/aromatic N) is 3. The molecule has 3 aromatic rings. The van der Waals surface area contributed by atoms with E-state index in [2.05, 4.69) is 22.7 Å². The second kappa shape index (κ2) is 18.8. The molecule has 0 aromatic heterocycles. The Morgan fingerprint density at radius 1 is 0.857 bits per heavy atom. The molecule has 4 rings (SSSR count). The summed E-state index contributed by atoms with van der Waals surface area (Å²) < 4.78 is 17.5. The maximum absolute atomic E-state index is 13.7. The first-order valence-electron chi connectivity index (χ1n) is 16.9. The molecule has 4 N–H and O–H groups in total. The average molecular weight is 675 g/mol. The van der Waals surface area contributed by atoms with Gasteiger partial charge in [0.15, 0.2) is 0 Å². The minimum absolute atomic E-state index is 0.0487. The van der Waals surface area contributed by atoms with Gasteiger partial charge in [-0.25, -0.2) is 5.01 Å². The number of piperazine rings is 1. The number of likely N-dealkylation sites (N-methyl/N-ethyl adjacent to an activating group) is 1. The molecule has 0 atom stereocenters. The third-order valence-corrected chi connectivity index (χ3v) is 8.31. The molecule has 1 heterocycles. The average Bonchev–Trinajstić information content (AvgIpc) is 3.10. The molecule has 0 radical (unpaired) electrons. The summed E-state index contributed by atoms with van der Waals surface area (Å²) in [5, 5.41) is 4.87. The topological polar surface area (TPSA) is 139 Å². The van der Waals surface area contributed by atoms with Gasteiger partial charge in [0.2, 0.25) is 5.91 Å². The zero-order valence-electron chi connectivity index (χ0n) is 29.1. The second-order valence-electron chi connectivity index (χ2n) is 12.2. The summed E-state index contributed by atoms with van der Waals surface area (Å²) in [4.78, 5) is 43.0. The van der Waals surface area contributed by atoms with Gasteiger partial charge in [-0.15, -0.1) is 0 Å². The van der Waals surface area contributed by atoms with Gasteiger partial charge in [0, 0.05) is 45.2 Å². The van der Waals surface area contributed by atoms with Crippen molar-refractivity contribution in [2.45, 2.75) is 39.0 Å². The molecule has 0 spiro atoms. The molecule has 1 saturated heterocycles. The molecule has 1 aliphatic rings. The Balaban J connectivity index is 1.33. The van der Waals surface area contributed by atoms with Gasteiger partial charge in [-0.3, -0.25) is 19.8 Å². The number of carbonyl (C=O) groups is 3. The van der Waals surface area contributed by atoms with Crippen LogP contribution >= 0.6 is 0 Å². The summed E-state index contributed by atoms with van der Waals surface area (Å²) in [6, 6.07) is 17.6. The number of aryl methyl sites for hydroxylation is 1. The van der Waals surface area contributed by atoms with E-state index in [1.807, 2.05) is 30.1 Å². The van der Waals surface area contributed by atoms with Crippen LogP contribution in [0.5, 0.6) is 17.2 Å². The SMILES string of the molecule is COc1cc(C(=O)N(C)c2ccc(C)cc2OCCCCCC(=O)NN2CCN(C)CC2)ccc1NC(=O)c1ccccc1OCCCN. The van der Waals surface area contributed by atoms with Crippen LogP contribution in [0.2, 0.25) is 0 Å². The van der Waals surface area contributed by atoms with E-state index in [9.17, 15) is 14.4 Å². The van der Waals surface area contributed by atoms with Gasteiger partial charge in [-0.1, -0.05) is 18.2 Å². The van der Waals surface area contributed by atoms with Crippen LogP contribution in [-0.2, 0) is 4.79 Å². The second-order valence-corrected chi connectivity index (χ2v) is 12.2. The highest BCUT2D eigenvalue weighted by atomic mass is 16.5. The van der Waals surface area contributed by atoms with Crippen LogP contribution in [0, 0.1) is 6.92 Å². The van der Waals surface area contributed by atoms with E-state index in [0.29, 0.717) is 72.4 Å². The fourth-order valence-electron chi connectivity index (χ4n) is 5.38. The predicted octanol–water partition coefficient (Wildman–Crippen LogP) is 4.48. The van der Waals surface area contributed by atoms with Crippen molar-refractivity contribution in [3.05, 3.63) is 77.4 Å². The fraction of sp³-hybridized carbons (Fsp3) is 0.432. The van der Waals surface area contributed by atoms with Crippen molar-refractivity contribution in [1.29, 1.82) is 0 Å². The van der Waals surface area contributed by atoms with Crippen LogP contribution in [0.4, 0.5) is 11.4 Å². The highest BCUT2D eigenvalue weighted by Crippen LogP contribution is 2.32. The standard InChI is InChI=1S/C37H50N6O6/c1-27-14-17-31(34(25-27)49-23-9-5-6-13-35(44)40-43-21-19-41(2)20-22-43)42(3)37(46)28-15-16-30(33(26-28)47-4)39-36(45)29-11-7-8-12-32(29)48-24-10-18-38/h7-8,11-12,14-17,25-26H,5-6,9-10,13,18-24,38H2,1-4H3,(H,39,45)(H,40,44). The summed E-state index contributed by atoms with van der Waals surface area (Å²) in [7, 11) is 5.27. The molecule has 0 bridgehead atoms. The maximum atomic E-state index is 13.7. The molecule has 12 heteroatoms. The molecule has 1 aliphatic heterocycles. The quantitative estimate of drug-likeness (QED) is 0.177. The summed E-state index contributed by atoms with van der Waals surface area (Å²) >= 11 is 0. The van der Waals surface area contributed by atoms with Crippen LogP contribution in [0.1, 0.15) is 58.4 Å². The van der Waals surface area contributed by atoms with Gasteiger partial charge in [-0.05, 0) is 94.2 Å². The van der Waals surface area contributed by atoms with Crippen molar-refractivity contribution in [2.24, 2.45) is 5.73 Å². The smallest absolute Gasteiger partial charge is 0.259 e. The van der Waals surface area contributed by atoms with Crippen molar-refractivity contribution < 1.29 is 28.6 Å². The summed E-state index contributed by atoms with van der Waals surface area (Å²) in [5.41, 5.74) is 11.4. The first kappa shape index (κ1) is 37.2. The van der Waals surface area contributed by atoms with Gasteiger partial charge in [0.1, 0.15) is 17.2 Å². The first-order valence-corrected chi connectivity index (χ1v) is 16.9. The first-order chi connectivity index (χ1) is 23.7. The Morgan fingerprint density at radius 2 is 1.59 bits per heavy atom. The normalized spacial score (nSPS) is 13.4. The highest BCUT2D eigenvalue weighted by Gasteiger charge is 2.21. The van der Waals surface area contributed by atoms with Crippen LogP contribution in [0.25, 0.3) is 0 Å². The number of benzene rings is 3. The molecule has 0 saturated carbocycles. The van der Waals surface area contributed by atoms with Gasteiger partial charge in [0.25, 0.3) is 11.8 Å². The molecule has 49 heavy (non-hydrogen) atoms. The van der Waals surface area contributed by atoms with Crippen molar-refractivity contribution in [3.63, 3.8) is 0 Å². The number of anilines is 2. The molecule has 3 aromatic carbocycles. The number of amides is 3. The lowest BCUT2D eigenvalue weighted by Gasteiger charge is -2.32. The Kier molecular flexibility index (Phi) is 14.2. The number of hydrazine groups is 1. The number of unbranched alkanes of at least 4 members (excludes halogenated alkanes) is 2. The van der Waals surface area contributed by atoms with Gasteiger partial charge < -0.3 is 35.1 Å². The Bertz CT molecular complexity index is 1560. The molecule has 12 nitrogen and oxygen atoms in total. The molecular formula is C37H50N6O6. The lowest BCUT2D eigenvalue weighted by Crippen LogP contribution is -2.52. The Labute approximate surface area is 289 Å². The van der Waals surface area contributed by atoms with Crippen LogP contribution < -0.4 is 35.6 Å². The van der Waals surface area contributed by atoms with Crippen LogP contribution in [0.15, 0.2) is 60.7 Å². The zero-order chi connectivity index (χ0) is 35.2. The maximum Gasteiger partial charge on any atom is 0.259 e. The number of hydrogen-bond acceptors (Lipinski definition) is 9. The lowest BCUT2D eigenvalue weighted by atomic mass is 10.1. The van der Waals surface area contributed by atoms with Crippen molar-refractivity contribution in [1.82, 2.24) is 15.3 Å². The number of ether oxygens (including phenoxy) is 3. The molecule has 1 fully saturated rings. The van der Waals surface area contributed by atoms with Crippen molar-refractivity contribution in [3.8, 4) is 17.2 Å². The number of para-hydroxylation sites is 1. The van der Waals surface area contributed by atoms with Crippen LogP contribution in [0.3, 0.4) is 0 Å². The molecular weight excluding hydrogens is 624 g/mol. The molecule has 0 aliphatic carbocycles. The van der Waals surface area contributed by atoms with E-state index < -0.39 is 0 Å². The number of carbonyl (C=O) groups excluding carboxylic acids is 3. The van der Waals surface area contributed by atoms with Crippen molar-refractivity contribution >= 4 is 29.1 Å². The molecule has 264 valence electrons. The van der Waals surface area contributed by atoms with E-state index in [1.165, 1.54) is 7.11 Å². The number of hydrogen-bond donors (Lipinski definition) is 3. The third kappa shape index (κ3) is 10.9. The molecule has 0 unspecified atom stereocenters. The zero-order valence-corrected chi connectivity index (χ0v) is 29.1. The predicted molar refractivity (Wildman–Crippen MR) is 192 cm³/mol. The lowest BCUT2D eigenvalue weighted by molar-refractivity contribution is -0.126. The van der Waals surface area contributed by atoms with E-state index >= 15 is 0 Å². The highest BCUT2D eigenvalue weighted by molar-refractivity contribution is 6.09. The van der Waals surface area contributed by atoms with Crippen LogP contribution in [-0.4, -0.2) is 94.8 Å². The Hall–Kier alpha value is -4.65. The number of methoxy groups -OCH3 is 1. The van der Waals surface area contributed by atoms with Gasteiger partial charge in [0.05, 0.1) is 37.3 Å². The van der Waals surface area contributed by atoms with E-state index in [-0.39, 0.29) is 17.7 Å². The summed E-state index contributed by atoms with van der Waals surface area (Å²) in [6.07, 6.45) is 3.55. The minimum atomic E-state index is -0.367. The Morgan fingerprint density at radius 3 is 2.35 bits per heavy atom. The number of rotatable bonds is 17. The summed E-state index contributed by atoms with van der Waals surface area (Å²) in [6.45, 7) is 6.90. The largest absolute Gasteiger partial charge is 0.495 e. The number of nitrogens with two attached hydrogens (primary N) is 1. The third-order valence-electron chi connectivity index (χ3n) is 8.31. The van der Waals surface area contributed by atoms with E-state index in [4.69, 9.17) is 19.9 Å². The van der Waals surface area contributed by atoms with E-state index in [1.54, 1.807) is 54.4 Å². The summed E-state index contributed by atoms with van der Waals surface area (Å²) in [5.74, 6) is 0.815. The number of nitrogens with one attached hydrogen (secondary N) is 2. The van der Waals surface area contributed by atoms with Crippen molar-refractivity contribution in [2.75, 3.05) is 77.4 Å². The van der Waals surface area contributed by atoms with Gasteiger partial charge in [-0.2, -0.15) is 0 Å².